The highest BCUT2D eigenvalue weighted by molar-refractivity contribution is 5.94. The van der Waals surface area contributed by atoms with Crippen LogP contribution in [0.1, 0.15) is 12.8 Å². The number of benzene rings is 2. The lowest BCUT2D eigenvalue weighted by Crippen LogP contribution is -2.61. The van der Waals surface area contributed by atoms with E-state index in [4.69, 9.17) is 4.74 Å². The van der Waals surface area contributed by atoms with Crippen LogP contribution in [0.5, 0.6) is 0 Å². The highest BCUT2D eigenvalue weighted by atomic mass is 16.6. The Morgan fingerprint density at radius 3 is 2.52 bits per heavy atom. The van der Waals surface area contributed by atoms with E-state index in [0.717, 1.165) is 43.5 Å². The van der Waals surface area contributed by atoms with Crippen molar-refractivity contribution in [2.45, 2.75) is 18.4 Å². The fraction of sp³-hybridized carbons (Fsp3) is 0.421. The number of piperidine rings is 3. The smallest absolute Gasteiger partial charge is 0.415 e. The molecule has 6 rings (SSSR count). The molecule has 2 aromatic carbocycles. The van der Waals surface area contributed by atoms with Crippen molar-refractivity contribution in [1.82, 2.24) is 4.90 Å². The predicted molar refractivity (Wildman–Crippen MR) is 89.7 cm³/mol. The molecule has 0 unspecified atom stereocenters. The largest absolute Gasteiger partial charge is 0.439 e. The van der Waals surface area contributed by atoms with E-state index in [2.05, 4.69) is 29.2 Å². The lowest BCUT2D eigenvalue weighted by molar-refractivity contribution is -0.0881. The zero-order valence-corrected chi connectivity index (χ0v) is 13.1. The second kappa shape index (κ2) is 4.71. The molecule has 0 N–H and O–H groups in total. The maximum Gasteiger partial charge on any atom is 0.415 e. The van der Waals surface area contributed by atoms with Crippen LogP contribution in [0, 0.1) is 5.92 Å². The van der Waals surface area contributed by atoms with E-state index in [1.165, 1.54) is 5.39 Å². The summed E-state index contributed by atoms with van der Waals surface area (Å²) in [7, 11) is 0. The second-order valence-corrected chi connectivity index (χ2v) is 7.10. The maximum absolute atomic E-state index is 12.5. The lowest BCUT2D eigenvalue weighted by Gasteiger charge is -2.49. The van der Waals surface area contributed by atoms with Crippen LogP contribution in [0.15, 0.2) is 42.5 Å². The van der Waals surface area contributed by atoms with Crippen molar-refractivity contribution < 1.29 is 9.53 Å². The molecular formula is C19H20N2O2. The number of carbonyl (C=O) groups excluding carboxylic acids is 1. The molecule has 2 bridgehead atoms. The molecule has 4 fully saturated rings. The number of rotatable bonds is 1. The summed E-state index contributed by atoms with van der Waals surface area (Å²) in [5.41, 5.74) is 0.654. The summed E-state index contributed by atoms with van der Waals surface area (Å²) in [6.45, 7) is 3.89. The Morgan fingerprint density at radius 2 is 1.78 bits per heavy atom. The van der Waals surface area contributed by atoms with Crippen LogP contribution in [0.2, 0.25) is 0 Å². The quantitative estimate of drug-likeness (QED) is 0.810. The van der Waals surface area contributed by atoms with E-state index in [9.17, 15) is 4.79 Å². The molecule has 4 heterocycles. The summed E-state index contributed by atoms with van der Waals surface area (Å²) in [5, 5.41) is 2.36. The first-order chi connectivity index (χ1) is 11.2. The van der Waals surface area contributed by atoms with E-state index >= 15 is 0 Å². The molecule has 4 nitrogen and oxygen atoms in total. The fourth-order valence-corrected chi connectivity index (χ4v) is 4.55. The Labute approximate surface area is 135 Å². The van der Waals surface area contributed by atoms with Gasteiger partial charge in [-0.05, 0) is 48.8 Å². The number of amides is 1. The summed E-state index contributed by atoms with van der Waals surface area (Å²) in [4.78, 5) is 16.8. The van der Waals surface area contributed by atoms with E-state index in [-0.39, 0.29) is 11.7 Å². The summed E-state index contributed by atoms with van der Waals surface area (Å²) < 4.78 is 5.95. The third kappa shape index (κ3) is 1.98. The number of anilines is 1. The number of carbonyl (C=O) groups is 1. The molecule has 0 saturated carbocycles. The van der Waals surface area contributed by atoms with Crippen LogP contribution < -0.4 is 4.90 Å². The van der Waals surface area contributed by atoms with E-state index in [1.54, 1.807) is 0 Å². The number of fused-ring (bicyclic) bond motifs is 3. The molecule has 23 heavy (non-hydrogen) atoms. The average Bonchev–Trinajstić information content (AvgIpc) is 2.91. The maximum atomic E-state index is 12.5. The summed E-state index contributed by atoms with van der Waals surface area (Å²) in [5.74, 6) is 0.516. The molecule has 4 aliphatic heterocycles. The monoisotopic (exact) mass is 308 g/mol. The Morgan fingerprint density at radius 1 is 1.00 bits per heavy atom. The van der Waals surface area contributed by atoms with Crippen molar-refractivity contribution in [3.63, 3.8) is 0 Å². The Bertz CT molecular complexity index is 782. The molecule has 1 spiro atoms. The lowest BCUT2D eigenvalue weighted by atomic mass is 9.75. The number of nitrogens with zero attached hydrogens (tertiary/aromatic N) is 2. The minimum absolute atomic E-state index is 0.186. The van der Waals surface area contributed by atoms with E-state index in [0.29, 0.717) is 12.5 Å². The van der Waals surface area contributed by atoms with Crippen molar-refractivity contribution in [3.05, 3.63) is 42.5 Å². The van der Waals surface area contributed by atoms with Gasteiger partial charge in [0.1, 0.15) is 5.60 Å². The van der Waals surface area contributed by atoms with Gasteiger partial charge in [-0.25, -0.2) is 4.79 Å². The van der Waals surface area contributed by atoms with Crippen molar-refractivity contribution >= 4 is 22.6 Å². The summed E-state index contributed by atoms with van der Waals surface area (Å²) >= 11 is 0. The van der Waals surface area contributed by atoms with Gasteiger partial charge in [0.2, 0.25) is 0 Å². The third-order valence-electron chi connectivity index (χ3n) is 5.80. The first-order valence-corrected chi connectivity index (χ1v) is 8.45. The molecule has 0 radical (unpaired) electrons. The predicted octanol–water partition coefficient (Wildman–Crippen LogP) is 3.26. The van der Waals surface area contributed by atoms with Gasteiger partial charge in [-0.3, -0.25) is 9.80 Å². The minimum Gasteiger partial charge on any atom is -0.439 e. The van der Waals surface area contributed by atoms with Gasteiger partial charge in [-0.2, -0.15) is 0 Å². The second-order valence-electron chi connectivity index (χ2n) is 7.10. The number of hydrogen-bond acceptors (Lipinski definition) is 3. The SMILES string of the molecule is O=C1O[C@@]2(CN3CCC2CC3)CN1c1ccc2ccccc2c1. The van der Waals surface area contributed by atoms with Crippen LogP contribution in [-0.2, 0) is 4.74 Å². The van der Waals surface area contributed by atoms with Gasteiger partial charge in [0.05, 0.1) is 6.54 Å². The van der Waals surface area contributed by atoms with Crippen LogP contribution in [0.4, 0.5) is 10.5 Å². The van der Waals surface area contributed by atoms with Crippen molar-refractivity contribution in [2.24, 2.45) is 5.92 Å². The van der Waals surface area contributed by atoms with Crippen molar-refractivity contribution in [1.29, 1.82) is 0 Å². The van der Waals surface area contributed by atoms with Gasteiger partial charge in [-0.1, -0.05) is 30.3 Å². The molecule has 118 valence electrons. The van der Waals surface area contributed by atoms with Crippen LogP contribution >= 0.6 is 0 Å². The third-order valence-corrected chi connectivity index (χ3v) is 5.80. The Kier molecular flexibility index (Phi) is 2.74. The molecule has 4 saturated heterocycles. The van der Waals surface area contributed by atoms with Gasteiger partial charge < -0.3 is 4.74 Å². The Balaban J connectivity index is 1.49. The van der Waals surface area contributed by atoms with Crippen molar-refractivity contribution in [3.8, 4) is 0 Å². The summed E-state index contributed by atoms with van der Waals surface area (Å²) in [6, 6.07) is 14.5. The fourth-order valence-electron chi connectivity index (χ4n) is 4.55. The standard InChI is InChI=1S/C19H20N2O2/c22-18-21(17-6-5-14-3-1-2-4-15(14)11-17)13-19(23-18)12-20-9-7-16(19)8-10-20/h1-6,11,16H,7-10,12-13H2/t19-/m0/s1. The van der Waals surface area contributed by atoms with Gasteiger partial charge in [0.15, 0.2) is 0 Å². The zero-order valence-electron chi connectivity index (χ0n) is 13.1. The summed E-state index contributed by atoms with van der Waals surface area (Å²) in [6.07, 6.45) is 2.12. The highest BCUT2D eigenvalue weighted by Crippen LogP contribution is 2.43. The average molecular weight is 308 g/mol. The van der Waals surface area contributed by atoms with Crippen LogP contribution in [0.3, 0.4) is 0 Å². The van der Waals surface area contributed by atoms with E-state index < -0.39 is 0 Å². The number of ether oxygens (including phenoxy) is 1. The Hall–Kier alpha value is -2.07. The van der Waals surface area contributed by atoms with Crippen LogP contribution in [-0.4, -0.2) is 42.8 Å². The van der Waals surface area contributed by atoms with Crippen molar-refractivity contribution in [2.75, 3.05) is 31.1 Å². The zero-order chi connectivity index (χ0) is 15.4. The molecule has 0 aromatic heterocycles. The molecule has 1 atom stereocenters. The first-order valence-electron chi connectivity index (χ1n) is 8.45. The molecule has 0 aliphatic carbocycles. The highest BCUT2D eigenvalue weighted by Gasteiger charge is 2.55. The molecule has 2 aromatic rings. The van der Waals surface area contributed by atoms with Gasteiger partial charge in [0.25, 0.3) is 0 Å². The minimum atomic E-state index is -0.292. The molecule has 1 amide bonds. The topological polar surface area (TPSA) is 32.8 Å². The molecule has 4 heteroatoms. The van der Waals surface area contributed by atoms with Gasteiger partial charge >= 0.3 is 6.09 Å². The van der Waals surface area contributed by atoms with Crippen LogP contribution in [0.25, 0.3) is 10.8 Å². The van der Waals surface area contributed by atoms with Gasteiger partial charge in [-0.15, -0.1) is 0 Å². The first kappa shape index (κ1) is 13.4. The van der Waals surface area contributed by atoms with Gasteiger partial charge in [0, 0.05) is 18.2 Å². The molecule has 4 aliphatic rings. The normalized spacial score (nSPS) is 32.7. The van der Waals surface area contributed by atoms with E-state index in [1.807, 2.05) is 23.1 Å². The molecular weight excluding hydrogens is 288 g/mol. The number of hydrogen-bond donors (Lipinski definition) is 0.